The molecule has 0 atom stereocenters. The van der Waals surface area contributed by atoms with E-state index in [0.717, 1.165) is 45.0 Å². The Bertz CT molecular complexity index is 2990. The van der Waals surface area contributed by atoms with E-state index in [9.17, 15) is 0 Å². The SMILES string of the molecule is Cc1ccccc1-c1ccc(-c2cc(-c3ccccc3)c(-c3ccc4c(c3)C3(c5ccccc5-c5ccccc53)c3ccccc3N4c3ccccc3)nn2)cc1C. The molecule has 3 nitrogen and oxygen atoms in total. The molecule has 1 aromatic heterocycles. The Hall–Kier alpha value is -7.36. The molecule has 9 aromatic rings. The number of anilines is 3. The second-order valence-electron chi connectivity index (χ2n) is 15.5. The van der Waals surface area contributed by atoms with Gasteiger partial charge < -0.3 is 4.90 Å². The summed E-state index contributed by atoms with van der Waals surface area (Å²) in [5, 5.41) is 10.1. The average Bonchev–Trinajstić information content (AvgIpc) is 3.58. The van der Waals surface area contributed by atoms with Gasteiger partial charge in [0.05, 0.1) is 22.5 Å². The van der Waals surface area contributed by atoms with Gasteiger partial charge in [-0.1, -0.05) is 158 Å². The molecule has 58 heavy (non-hydrogen) atoms. The summed E-state index contributed by atoms with van der Waals surface area (Å²) < 4.78 is 0. The number of aromatic nitrogens is 2. The van der Waals surface area contributed by atoms with Gasteiger partial charge in [-0.25, -0.2) is 0 Å². The van der Waals surface area contributed by atoms with E-state index in [2.05, 4.69) is 219 Å². The van der Waals surface area contributed by atoms with Crippen molar-refractivity contribution in [3.05, 3.63) is 234 Å². The smallest absolute Gasteiger partial charge is 0.101 e. The standard InChI is InChI=1S/C55H39N3/c1-36-17-9-10-22-42(36)43-31-29-39(33-37(43)2)51-35-46(38-18-5-3-6-19-38)54(57-56-51)40-30-32-53-50(34-40)55(47-25-13-11-23-44(47)45-24-12-14-26-48(45)55)49-27-15-16-28-52(49)58(53)41-20-7-4-8-21-41/h3-35H,1-2H3. The maximum atomic E-state index is 5.14. The fraction of sp³-hybridized carbons (Fsp3) is 0.0545. The largest absolute Gasteiger partial charge is 0.310 e. The highest BCUT2D eigenvalue weighted by Crippen LogP contribution is 2.63. The molecule has 0 bridgehead atoms. The van der Waals surface area contributed by atoms with Crippen molar-refractivity contribution in [2.45, 2.75) is 19.3 Å². The Labute approximate surface area is 339 Å². The van der Waals surface area contributed by atoms with Gasteiger partial charge in [0.2, 0.25) is 0 Å². The third-order valence-corrected chi connectivity index (χ3v) is 12.3. The fourth-order valence-corrected chi connectivity index (χ4v) is 9.69. The quantitative estimate of drug-likeness (QED) is 0.176. The summed E-state index contributed by atoms with van der Waals surface area (Å²) in [5.41, 5.74) is 21.4. The molecular weight excluding hydrogens is 703 g/mol. The molecule has 1 aliphatic carbocycles. The highest BCUT2D eigenvalue weighted by Gasteiger charge is 2.51. The lowest BCUT2D eigenvalue weighted by molar-refractivity contribution is 0.753. The van der Waals surface area contributed by atoms with E-state index >= 15 is 0 Å². The lowest BCUT2D eigenvalue weighted by atomic mass is 9.64. The number of rotatable bonds is 5. The zero-order chi connectivity index (χ0) is 38.8. The van der Waals surface area contributed by atoms with E-state index in [-0.39, 0.29) is 0 Å². The van der Waals surface area contributed by atoms with Crippen LogP contribution in [-0.2, 0) is 5.41 Å². The number of benzene rings is 8. The second-order valence-corrected chi connectivity index (χ2v) is 15.5. The first kappa shape index (κ1) is 33.9. The van der Waals surface area contributed by atoms with Crippen molar-refractivity contribution in [3.8, 4) is 55.9 Å². The van der Waals surface area contributed by atoms with Crippen molar-refractivity contribution in [2.75, 3.05) is 4.90 Å². The van der Waals surface area contributed by atoms with Gasteiger partial charge in [-0.2, -0.15) is 0 Å². The second kappa shape index (κ2) is 13.4. The zero-order valence-electron chi connectivity index (χ0n) is 32.4. The molecule has 1 spiro atoms. The van der Waals surface area contributed by atoms with Gasteiger partial charge in [0.15, 0.2) is 0 Å². The molecule has 2 aliphatic rings. The maximum Gasteiger partial charge on any atom is 0.101 e. The van der Waals surface area contributed by atoms with Crippen LogP contribution >= 0.6 is 0 Å². The third kappa shape index (κ3) is 5.06. The third-order valence-electron chi connectivity index (χ3n) is 12.3. The van der Waals surface area contributed by atoms with E-state index in [4.69, 9.17) is 10.2 Å². The monoisotopic (exact) mass is 741 g/mol. The molecule has 0 amide bonds. The van der Waals surface area contributed by atoms with Gasteiger partial charge >= 0.3 is 0 Å². The van der Waals surface area contributed by atoms with Gasteiger partial charge in [-0.3, -0.25) is 0 Å². The topological polar surface area (TPSA) is 29.0 Å². The van der Waals surface area contributed by atoms with Gasteiger partial charge in [-0.15, -0.1) is 10.2 Å². The van der Waals surface area contributed by atoms with Crippen LogP contribution in [0.2, 0.25) is 0 Å². The van der Waals surface area contributed by atoms with Crippen LogP contribution in [0.5, 0.6) is 0 Å². The van der Waals surface area contributed by atoms with Crippen LogP contribution in [0.4, 0.5) is 17.1 Å². The summed E-state index contributed by atoms with van der Waals surface area (Å²) >= 11 is 0. The molecule has 2 heterocycles. The highest BCUT2D eigenvalue weighted by atomic mass is 15.2. The number of hydrogen-bond donors (Lipinski definition) is 0. The van der Waals surface area contributed by atoms with Crippen LogP contribution in [0.15, 0.2) is 200 Å². The molecule has 0 saturated carbocycles. The van der Waals surface area contributed by atoms with Gasteiger partial charge in [0.25, 0.3) is 0 Å². The average molecular weight is 742 g/mol. The summed E-state index contributed by atoms with van der Waals surface area (Å²) in [6.45, 7) is 4.36. The van der Waals surface area contributed by atoms with E-state index in [1.807, 2.05) is 0 Å². The van der Waals surface area contributed by atoms with Crippen LogP contribution in [-0.4, -0.2) is 10.2 Å². The fourth-order valence-electron chi connectivity index (χ4n) is 9.69. The minimum absolute atomic E-state index is 0.558. The molecule has 0 N–H and O–H groups in total. The van der Waals surface area contributed by atoms with Crippen LogP contribution in [0.3, 0.4) is 0 Å². The van der Waals surface area contributed by atoms with Gasteiger partial charge in [-0.05, 0) is 118 Å². The van der Waals surface area contributed by atoms with E-state index < -0.39 is 5.41 Å². The number of fused-ring (bicyclic) bond motifs is 9. The van der Waals surface area contributed by atoms with Crippen LogP contribution in [0, 0.1) is 13.8 Å². The molecule has 1 aliphatic heterocycles. The normalized spacial score (nSPS) is 13.1. The van der Waals surface area contributed by atoms with Crippen LogP contribution in [0.1, 0.15) is 33.4 Å². The number of nitrogens with zero attached hydrogens (tertiary/aromatic N) is 3. The molecule has 0 saturated heterocycles. The van der Waals surface area contributed by atoms with Gasteiger partial charge in [0, 0.05) is 22.4 Å². The molecule has 8 aromatic carbocycles. The Morgan fingerprint density at radius 3 is 1.64 bits per heavy atom. The van der Waals surface area contributed by atoms with Crippen LogP contribution < -0.4 is 4.90 Å². The molecular formula is C55H39N3. The van der Waals surface area contributed by atoms with E-state index in [1.165, 1.54) is 61.3 Å². The first-order valence-electron chi connectivity index (χ1n) is 20.0. The molecule has 11 rings (SSSR count). The summed E-state index contributed by atoms with van der Waals surface area (Å²) in [6.07, 6.45) is 0. The van der Waals surface area contributed by atoms with E-state index in [0.29, 0.717) is 0 Å². The summed E-state index contributed by atoms with van der Waals surface area (Å²) in [5.74, 6) is 0. The number of hydrogen-bond acceptors (Lipinski definition) is 3. The van der Waals surface area contributed by atoms with Crippen LogP contribution in [0.25, 0.3) is 55.9 Å². The first-order valence-corrected chi connectivity index (χ1v) is 20.0. The highest BCUT2D eigenvalue weighted by molar-refractivity contribution is 5.97. The van der Waals surface area contributed by atoms with Crippen molar-refractivity contribution in [2.24, 2.45) is 0 Å². The number of para-hydroxylation sites is 2. The predicted octanol–water partition coefficient (Wildman–Crippen LogP) is 13.9. The molecule has 0 fully saturated rings. The summed E-state index contributed by atoms with van der Waals surface area (Å²) in [6, 6.07) is 72.6. The maximum absolute atomic E-state index is 5.14. The van der Waals surface area contributed by atoms with Crippen molar-refractivity contribution in [1.29, 1.82) is 0 Å². The minimum atomic E-state index is -0.558. The summed E-state index contributed by atoms with van der Waals surface area (Å²) in [4.78, 5) is 2.43. The Balaban J connectivity index is 1.15. The Morgan fingerprint density at radius 2 is 0.931 bits per heavy atom. The molecule has 3 heteroatoms. The minimum Gasteiger partial charge on any atom is -0.310 e. The van der Waals surface area contributed by atoms with E-state index in [1.54, 1.807) is 0 Å². The van der Waals surface area contributed by atoms with Crippen molar-refractivity contribution in [3.63, 3.8) is 0 Å². The molecule has 274 valence electrons. The lowest BCUT2D eigenvalue weighted by Crippen LogP contribution is -2.36. The van der Waals surface area contributed by atoms with Gasteiger partial charge in [0.1, 0.15) is 5.69 Å². The summed E-state index contributed by atoms with van der Waals surface area (Å²) in [7, 11) is 0. The molecule has 0 radical (unpaired) electrons. The van der Waals surface area contributed by atoms with Crippen molar-refractivity contribution < 1.29 is 0 Å². The number of aryl methyl sites for hydroxylation is 2. The van der Waals surface area contributed by atoms with Crippen molar-refractivity contribution in [1.82, 2.24) is 10.2 Å². The lowest BCUT2D eigenvalue weighted by Gasteiger charge is -2.45. The first-order chi connectivity index (χ1) is 28.6. The van der Waals surface area contributed by atoms with Crippen molar-refractivity contribution >= 4 is 17.1 Å². The Kier molecular flexibility index (Phi) is 7.84. The zero-order valence-corrected chi connectivity index (χ0v) is 32.4. The molecule has 0 unspecified atom stereocenters. The Morgan fingerprint density at radius 1 is 0.362 bits per heavy atom. The predicted molar refractivity (Wildman–Crippen MR) is 239 cm³/mol.